The summed E-state index contributed by atoms with van der Waals surface area (Å²) in [5.74, 6) is 2.86. The van der Waals surface area contributed by atoms with Gasteiger partial charge in [-0.2, -0.15) is 0 Å². The molecule has 2 aliphatic heterocycles. The van der Waals surface area contributed by atoms with Crippen LogP contribution in [0, 0.1) is 6.92 Å². The van der Waals surface area contributed by atoms with Crippen LogP contribution in [-0.4, -0.2) is 55.3 Å². The van der Waals surface area contributed by atoms with Crippen LogP contribution in [0.4, 0.5) is 5.82 Å². The van der Waals surface area contributed by atoms with E-state index in [1.54, 1.807) is 17.8 Å². The van der Waals surface area contributed by atoms with Crippen molar-refractivity contribution in [2.24, 2.45) is 0 Å². The van der Waals surface area contributed by atoms with Gasteiger partial charge >= 0.3 is 0 Å². The van der Waals surface area contributed by atoms with E-state index in [4.69, 9.17) is 9.72 Å². The van der Waals surface area contributed by atoms with Crippen molar-refractivity contribution in [3.05, 3.63) is 40.3 Å². The summed E-state index contributed by atoms with van der Waals surface area (Å²) < 4.78 is 7.84. The van der Waals surface area contributed by atoms with Gasteiger partial charge in [-0.25, -0.2) is 15.0 Å². The van der Waals surface area contributed by atoms with E-state index < -0.39 is 5.54 Å². The van der Waals surface area contributed by atoms with Gasteiger partial charge in [-0.15, -0.1) is 21.5 Å². The Bertz CT molecular complexity index is 1050. The molecule has 1 fully saturated rings. The van der Waals surface area contributed by atoms with Crippen molar-refractivity contribution in [2.45, 2.75) is 32.2 Å². The Morgan fingerprint density at radius 1 is 1.36 bits per heavy atom. The third kappa shape index (κ3) is 2.41. The van der Waals surface area contributed by atoms with Gasteiger partial charge in [-0.3, -0.25) is 9.36 Å². The lowest BCUT2D eigenvalue weighted by atomic mass is 9.90. The molecule has 0 radical (unpaired) electrons. The molecule has 0 amide bonds. The highest BCUT2D eigenvalue weighted by Crippen LogP contribution is 2.44. The lowest BCUT2D eigenvalue weighted by Crippen LogP contribution is -2.58. The van der Waals surface area contributed by atoms with E-state index in [0.717, 1.165) is 29.6 Å². The summed E-state index contributed by atoms with van der Waals surface area (Å²) in [7, 11) is 0. The normalized spacial score (nSPS) is 20.4. The largest absolute Gasteiger partial charge is 0.377 e. The lowest BCUT2D eigenvalue weighted by Gasteiger charge is -2.49. The molecule has 1 saturated heterocycles. The molecule has 9 nitrogen and oxygen atoms in total. The predicted molar refractivity (Wildman–Crippen MR) is 102 cm³/mol. The minimum atomic E-state index is -0.419. The van der Waals surface area contributed by atoms with Gasteiger partial charge in [-0.1, -0.05) is 6.92 Å². The maximum Gasteiger partial charge on any atom is 0.198 e. The molecular weight excluding hydrogens is 378 g/mol. The van der Waals surface area contributed by atoms with Gasteiger partial charge in [0.25, 0.3) is 0 Å². The summed E-state index contributed by atoms with van der Waals surface area (Å²) in [4.78, 5) is 28.1. The zero-order valence-corrected chi connectivity index (χ0v) is 16.4. The molecule has 144 valence electrons. The maximum absolute atomic E-state index is 12.5. The second kappa shape index (κ2) is 6.42. The number of anilines is 1. The van der Waals surface area contributed by atoms with Crippen LogP contribution in [0.5, 0.6) is 0 Å². The van der Waals surface area contributed by atoms with E-state index in [1.165, 1.54) is 11.3 Å². The minimum absolute atomic E-state index is 0.0735. The molecule has 3 aromatic rings. The molecule has 0 aromatic carbocycles. The van der Waals surface area contributed by atoms with Crippen LogP contribution in [0.3, 0.4) is 0 Å². The van der Waals surface area contributed by atoms with Crippen molar-refractivity contribution in [3.63, 3.8) is 0 Å². The topological polar surface area (TPSA) is 98.9 Å². The number of ether oxygens (including phenoxy) is 1. The van der Waals surface area contributed by atoms with Crippen molar-refractivity contribution in [2.75, 3.05) is 24.7 Å². The summed E-state index contributed by atoms with van der Waals surface area (Å²) in [6.07, 6.45) is 4.33. The van der Waals surface area contributed by atoms with E-state index in [-0.39, 0.29) is 12.2 Å². The van der Waals surface area contributed by atoms with Gasteiger partial charge in [0.15, 0.2) is 22.4 Å². The Kier molecular flexibility index (Phi) is 3.98. The first-order valence-electron chi connectivity index (χ1n) is 9.21. The second-order valence-electron chi connectivity index (χ2n) is 6.93. The fraction of sp³-hybridized carbons (Fsp3) is 0.444. The third-order valence-corrected chi connectivity index (χ3v) is 6.24. The zero-order valence-electron chi connectivity index (χ0n) is 15.6. The predicted octanol–water partition coefficient (Wildman–Crippen LogP) is 1.70. The number of Topliss-reactive ketones (excluding diaryl/α,β-unsaturated/α-hetero) is 1. The van der Waals surface area contributed by atoms with Crippen molar-refractivity contribution >= 4 is 22.9 Å². The van der Waals surface area contributed by atoms with Crippen molar-refractivity contribution in [1.29, 1.82) is 0 Å². The number of thiazole rings is 1. The van der Waals surface area contributed by atoms with Gasteiger partial charge in [-0.05, 0) is 13.3 Å². The fourth-order valence-corrected chi connectivity index (χ4v) is 4.59. The molecule has 28 heavy (non-hydrogen) atoms. The molecule has 5 rings (SSSR count). The Balaban J connectivity index is 1.62. The van der Waals surface area contributed by atoms with Gasteiger partial charge in [0.05, 0.1) is 25.8 Å². The molecule has 3 aromatic heterocycles. The van der Waals surface area contributed by atoms with Crippen molar-refractivity contribution < 1.29 is 9.53 Å². The van der Waals surface area contributed by atoms with Crippen LogP contribution >= 0.6 is 11.3 Å². The number of aryl methyl sites for hydroxylation is 1. The van der Waals surface area contributed by atoms with Gasteiger partial charge in [0.2, 0.25) is 0 Å². The van der Waals surface area contributed by atoms with E-state index in [2.05, 4.69) is 32.0 Å². The molecule has 5 heterocycles. The number of fused-ring (bicyclic) bond motifs is 6. The molecule has 1 atom stereocenters. The highest BCUT2D eigenvalue weighted by molar-refractivity contribution is 7.11. The molecule has 10 heteroatoms. The van der Waals surface area contributed by atoms with Crippen LogP contribution in [-0.2, 0) is 16.7 Å². The quantitative estimate of drug-likeness (QED) is 0.614. The summed E-state index contributed by atoms with van der Waals surface area (Å²) in [5, 5.41) is 11.0. The van der Waals surface area contributed by atoms with Crippen LogP contribution in [0.25, 0.3) is 5.69 Å². The molecule has 0 aliphatic carbocycles. The molecule has 2 aliphatic rings. The number of carbonyl (C=O) groups excluding carboxylic acids is 1. The average Bonchev–Trinajstić information content (AvgIpc) is 3.39. The first-order valence-corrected chi connectivity index (χ1v) is 10.1. The van der Waals surface area contributed by atoms with Crippen molar-refractivity contribution in [1.82, 2.24) is 29.7 Å². The Hall–Kier alpha value is -2.72. The van der Waals surface area contributed by atoms with E-state index in [1.807, 2.05) is 11.5 Å². The SMILES string of the molecule is CCC12COCCN1c1nc(CC(=O)c3nccs3)ncc1-n1c(C)nnc12. The Morgan fingerprint density at radius 2 is 2.25 bits per heavy atom. The summed E-state index contributed by atoms with van der Waals surface area (Å²) >= 11 is 1.33. The molecule has 0 spiro atoms. The van der Waals surface area contributed by atoms with Crippen LogP contribution < -0.4 is 4.90 Å². The smallest absolute Gasteiger partial charge is 0.198 e. The first kappa shape index (κ1) is 17.4. The number of aromatic nitrogens is 6. The highest BCUT2D eigenvalue weighted by atomic mass is 32.1. The number of hydrogen-bond acceptors (Lipinski definition) is 9. The van der Waals surface area contributed by atoms with Crippen molar-refractivity contribution in [3.8, 4) is 5.69 Å². The van der Waals surface area contributed by atoms with Gasteiger partial charge in [0.1, 0.15) is 22.9 Å². The first-order chi connectivity index (χ1) is 13.6. The molecule has 0 saturated carbocycles. The number of carbonyl (C=O) groups is 1. The number of hydrogen-bond donors (Lipinski definition) is 0. The highest BCUT2D eigenvalue weighted by Gasteiger charge is 2.49. The van der Waals surface area contributed by atoms with Crippen LogP contribution in [0.1, 0.15) is 40.6 Å². The fourth-order valence-electron chi connectivity index (χ4n) is 4.01. The monoisotopic (exact) mass is 397 g/mol. The van der Waals surface area contributed by atoms with Gasteiger partial charge < -0.3 is 9.64 Å². The molecule has 1 unspecified atom stereocenters. The minimum Gasteiger partial charge on any atom is -0.377 e. The van der Waals surface area contributed by atoms with E-state index in [9.17, 15) is 4.79 Å². The zero-order chi connectivity index (χ0) is 19.3. The van der Waals surface area contributed by atoms with E-state index in [0.29, 0.717) is 30.6 Å². The molecule has 0 N–H and O–H groups in total. The lowest BCUT2D eigenvalue weighted by molar-refractivity contribution is 0.0389. The summed E-state index contributed by atoms with van der Waals surface area (Å²) in [5.41, 5.74) is 0.422. The summed E-state index contributed by atoms with van der Waals surface area (Å²) in [6.45, 7) is 5.88. The second-order valence-corrected chi connectivity index (χ2v) is 7.82. The van der Waals surface area contributed by atoms with Crippen LogP contribution in [0.15, 0.2) is 17.8 Å². The number of nitrogens with zero attached hydrogens (tertiary/aromatic N) is 7. The average molecular weight is 397 g/mol. The van der Waals surface area contributed by atoms with Crippen LogP contribution in [0.2, 0.25) is 0 Å². The Labute approximate surface area is 165 Å². The summed E-state index contributed by atoms with van der Waals surface area (Å²) in [6, 6.07) is 0. The van der Waals surface area contributed by atoms with E-state index >= 15 is 0 Å². The number of morpholine rings is 1. The standard InChI is InChI=1S/C18H19N7O2S/c1-3-18-10-27-6-5-24(18)15-12(25-11(2)22-23-17(18)25)9-20-14(21-15)8-13(26)16-19-4-7-28-16/h4,7,9H,3,5-6,8,10H2,1-2H3. The number of ketones is 1. The molecular formula is C18H19N7O2S. The molecule has 0 bridgehead atoms. The Morgan fingerprint density at radius 3 is 3.04 bits per heavy atom. The third-order valence-electron chi connectivity index (χ3n) is 5.43. The maximum atomic E-state index is 12.5. The number of rotatable bonds is 4. The van der Waals surface area contributed by atoms with Gasteiger partial charge in [0, 0.05) is 18.1 Å².